The number of halogens is 1. The highest BCUT2D eigenvalue weighted by Gasteiger charge is 2.28. The van der Waals surface area contributed by atoms with Gasteiger partial charge in [-0.25, -0.2) is 0 Å². The first kappa shape index (κ1) is 30.7. The Hall–Kier alpha value is -3.84. The molecule has 8 heteroatoms. The molecule has 0 amide bonds. The number of hydrogen-bond acceptors (Lipinski definition) is 4. The molecule has 0 bridgehead atoms. The Labute approximate surface area is 241 Å². The maximum atomic E-state index is 13.7. The number of phenolic OH excluding ortho intramolecular Hbond substituents is 1. The van der Waals surface area contributed by atoms with Crippen LogP contribution in [0.2, 0.25) is 0 Å². The highest BCUT2D eigenvalue weighted by molar-refractivity contribution is 5.97. The van der Waals surface area contributed by atoms with Gasteiger partial charge < -0.3 is 19.3 Å². The molecule has 0 radical (unpaired) electrons. The minimum atomic E-state index is -0.879. The summed E-state index contributed by atoms with van der Waals surface area (Å²) >= 11 is 0. The Morgan fingerprint density at radius 3 is 1.75 bits per heavy atom. The van der Waals surface area contributed by atoms with E-state index in [0.717, 1.165) is 27.7 Å². The Morgan fingerprint density at radius 1 is 0.800 bits per heavy atom. The number of nitrogens with one attached hydrogen (secondary N) is 1. The summed E-state index contributed by atoms with van der Waals surface area (Å²) in [5, 5.41) is 29.1. The number of carbonyl (C=O) groups excluding carboxylic acids is 1. The van der Waals surface area contributed by atoms with Crippen LogP contribution in [0.25, 0.3) is 11.0 Å². The number of carbonyl (C=O) groups is 2. The van der Waals surface area contributed by atoms with Crippen LogP contribution in [-0.2, 0) is 35.1 Å². The summed E-state index contributed by atoms with van der Waals surface area (Å²) < 4.78 is 3.57. The summed E-state index contributed by atoms with van der Waals surface area (Å²) in [6.07, 6.45) is -0.0380. The fourth-order valence-corrected chi connectivity index (χ4v) is 4.91. The third kappa shape index (κ3) is 6.31. The topological polar surface area (TPSA) is 108 Å². The second kappa shape index (κ2) is 11.3. The van der Waals surface area contributed by atoms with Crippen molar-refractivity contribution in [3.63, 3.8) is 0 Å². The molecule has 0 aliphatic rings. The van der Waals surface area contributed by atoms with E-state index in [9.17, 15) is 14.7 Å². The lowest BCUT2D eigenvalue weighted by molar-refractivity contribution is -0.136. The number of benzene rings is 3. The molecular weight excluding hydrogens is 526 g/mol. The Bertz CT molecular complexity index is 1580. The number of fused-ring (bicyclic) bond motifs is 1. The molecule has 0 saturated heterocycles. The van der Waals surface area contributed by atoms with Gasteiger partial charge in [-0.05, 0) is 46.2 Å². The largest absolute Gasteiger partial charge is 0.507 e. The minimum absolute atomic E-state index is 0. The summed E-state index contributed by atoms with van der Waals surface area (Å²) in [6.45, 7) is 12.5. The van der Waals surface area contributed by atoms with E-state index in [0.29, 0.717) is 17.7 Å². The molecule has 0 spiro atoms. The van der Waals surface area contributed by atoms with Crippen LogP contribution in [-0.4, -0.2) is 31.1 Å². The van der Waals surface area contributed by atoms with Crippen molar-refractivity contribution >= 4 is 35.2 Å². The highest BCUT2D eigenvalue weighted by Crippen LogP contribution is 2.40. The lowest BCUT2D eigenvalue weighted by Crippen LogP contribution is -2.28. The second-order valence-corrected chi connectivity index (χ2v) is 12.2. The summed E-state index contributed by atoms with van der Waals surface area (Å²) in [4.78, 5) is 24.7. The van der Waals surface area contributed by atoms with E-state index < -0.39 is 5.97 Å². The molecule has 1 aromatic heterocycles. The molecule has 0 saturated carbocycles. The standard InChI is InChI=1S/C32H37N3O4.ClH/c1-31(2,3)23-16-22(17-24(29(23)39)32(4,5)6)27(36)19-35-26-10-8-7-9-25(26)34(30(35)33)18-21-13-11-20(12-14-21)15-28(37)38;/h7-14,16-17,33,39H,15,18-19H2,1-6H3,(H,37,38);1H. The van der Waals surface area contributed by atoms with E-state index in [4.69, 9.17) is 10.5 Å². The molecule has 7 nitrogen and oxygen atoms in total. The van der Waals surface area contributed by atoms with Crippen molar-refractivity contribution in [2.45, 2.75) is 71.9 Å². The minimum Gasteiger partial charge on any atom is -0.507 e. The van der Waals surface area contributed by atoms with Crippen LogP contribution < -0.4 is 5.62 Å². The number of phenols is 1. The van der Waals surface area contributed by atoms with Gasteiger partial charge in [0, 0.05) is 16.7 Å². The van der Waals surface area contributed by atoms with Crippen molar-refractivity contribution in [3.05, 3.63) is 94.1 Å². The van der Waals surface area contributed by atoms with E-state index >= 15 is 0 Å². The number of aromatic nitrogens is 2. The van der Waals surface area contributed by atoms with Crippen LogP contribution in [0.5, 0.6) is 5.75 Å². The summed E-state index contributed by atoms with van der Waals surface area (Å²) in [7, 11) is 0. The van der Waals surface area contributed by atoms with Gasteiger partial charge in [0.25, 0.3) is 0 Å². The smallest absolute Gasteiger partial charge is 0.307 e. The number of hydrogen-bond donors (Lipinski definition) is 3. The number of imidazole rings is 1. The van der Waals surface area contributed by atoms with Gasteiger partial charge in [-0.15, -0.1) is 12.4 Å². The number of Topliss-reactive ketones (excluding diaryl/α,β-unsaturated/α-hetero) is 1. The first-order valence-corrected chi connectivity index (χ1v) is 13.1. The number of para-hydroxylation sites is 2. The lowest BCUT2D eigenvalue weighted by atomic mass is 9.78. The second-order valence-electron chi connectivity index (χ2n) is 12.2. The maximum Gasteiger partial charge on any atom is 0.307 e. The van der Waals surface area contributed by atoms with Crippen LogP contribution in [0.4, 0.5) is 0 Å². The van der Waals surface area contributed by atoms with Crippen molar-refractivity contribution in [2.75, 3.05) is 0 Å². The average Bonchev–Trinajstić information content (AvgIpc) is 3.09. The quantitative estimate of drug-likeness (QED) is 0.232. The van der Waals surface area contributed by atoms with Gasteiger partial charge in [-0.3, -0.25) is 15.0 Å². The molecule has 0 aliphatic carbocycles. The molecule has 1 heterocycles. The molecule has 0 atom stereocenters. The molecule has 3 aromatic carbocycles. The number of aromatic hydroxyl groups is 1. The van der Waals surface area contributed by atoms with Crippen molar-refractivity contribution in [2.24, 2.45) is 0 Å². The summed E-state index contributed by atoms with van der Waals surface area (Å²) in [5.74, 6) is -0.784. The van der Waals surface area contributed by atoms with Crippen LogP contribution >= 0.6 is 12.4 Å². The fraction of sp³-hybridized carbons (Fsp3) is 0.344. The van der Waals surface area contributed by atoms with Crippen molar-refractivity contribution in [1.82, 2.24) is 9.13 Å². The van der Waals surface area contributed by atoms with Gasteiger partial charge in [0.1, 0.15) is 5.75 Å². The predicted octanol–water partition coefficient (Wildman–Crippen LogP) is 6.20. The number of carboxylic acids is 1. The number of nitrogens with zero attached hydrogens (tertiary/aromatic N) is 2. The van der Waals surface area contributed by atoms with Crippen LogP contribution in [0, 0.1) is 5.41 Å². The van der Waals surface area contributed by atoms with Gasteiger partial charge in [-0.2, -0.15) is 0 Å². The zero-order chi connectivity index (χ0) is 28.7. The SMILES string of the molecule is CC(C)(C)c1cc(C(=O)Cn2c(=N)n(Cc3ccc(CC(=O)O)cc3)c3ccccc32)cc(C(C)(C)C)c1O.Cl. The Balaban J connectivity index is 0.00000441. The number of rotatable bonds is 7. The zero-order valence-electron chi connectivity index (χ0n) is 23.9. The Kier molecular flexibility index (Phi) is 8.70. The average molecular weight is 564 g/mol. The van der Waals surface area contributed by atoms with E-state index in [1.165, 1.54) is 0 Å². The summed E-state index contributed by atoms with van der Waals surface area (Å²) in [6, 6.07) is 18.6. The van der Waals surface area contributed by atoms with Gasteiger partial charge in [0.2, 0.25) is 5.62 Å². The normalized spacial score (nSPS) is 11.8. The maximum absolute atomic E-state index is 13.7. The Morgan fingerprint density at radius 2 is 1.27 bits per heavy atom. The van der Waals surface area contributed by atoms with Crippen LogP contribution in [0.15, 0.2) is 60.7 Å². The van der Waals surface area contributed by atoms with Crippen molar-refractivity contribution in [3.8, 4) is 5.75 Å². The number of ketones is 1. The molecule has 212 valence electrons. The van der Waals surface area contributed by atoms with E-state index in [-0.39, 0.29) is 53.4 Å². The fourth-order valence-electron chi connectivity index (χ4n) is 4.91. The van der Waals surface area contributed by atoms with Gasteiger partial charge in [0.15, 0.2) is 5.78 Å². The van der Waals surface area contributed by atoms with Gasteiger partial charge in [-0.1, -0.05) is 77.9 Å². The van der Waals surface area contributed by atoms with E-state index in [1.54, 1.807) is 28.8 Å². The first-order valence-electron chi connectivity index (χ1n) is 13.1. The monoisotopic (exact) mass is 563 g/mol. The molecule has 4 rings (SSSR count). The van der Waals surface area contributed by atoms with Gasteiger partial charge in [0.05, 0.1) is 30.5 Å². The highest BCUT2D eigenvalue weighted by atomic mass is 35.5. The van der Waals surface area contributed by atoms with Crippen LogP contribution in [0.1, 0.15) is 74.2 Å². The van der Waals surface area contributed by atoms with Crippen molar-refractivity contribution < 1.29 is 19.8 Å². The zero-order valence-corrected chi connectivity index (χ0v) is 24.7. The molecule has 3 N–H and O–H groups in total. The van der Waals surface area contributed by atoms with E-state index in [1.807, 2.05) is 82.5 Å². The molecule has 0 unspecified atom stereocenters. The third-order valence-electron chi connectivity index (χ3n) is 7.04. The molecule has 40 heavy (non-hydrogen) atoms. The molecule has 0 fully saturated rings. The number of aliphatic carboxylic acids is 1. The van der Waals surface area contributed by atoms with E-state index in [2.05, 4.69) is 0 Å². The first-order chi connectivity index (χ1) is 18.2. The molecule has 0 aliphatic heterocycles. The number of carboxylic acid groups (broad SMARTS) is 1. The summed E-state index contributed by atoms with van der Waals surface area (Å²) in [5.41, 5.74) is 4.71. The van der Waals surface area contributed by atoms with Gasteiger partial charge >= 0.3 is 5.97 Å². The molecule has 4 aromatic rings. The third-order valence-corrected chi connectivity index (χ3v) is 7.04. The molecular formula is C32H38ClN3O4. The lowest BCUT2D eigenvalue weighted by Gasteiger charge is -2.28. The predicted molar refractivity (Wildman–Crippen MR) is 160 cm³/mol. The van der Waals surface area contributed by atoms with Crippen LogP contribution in [0.3, 0.4) is 0 Å². The van der Waals surface area contributed by atoms with Crippen molar-refractivity contribution in [1.29, 1.82) is 5.41 Å².